The summed E-state index contributed by atoms with van der Waals surface area (Å²) in [6, 6.07) is 0. The van der Waals surface area contributed by atoms with Crippen LogP contribution >= 0.6 is 0 Å². The zero-order valence-corrected chi connectivity index (χ0v) is 11.9. The lowest BCUT2D eigenvalue weighted by Crippen LogP contribution is -2.40. The molecule has 1 saturated carbocycles. The fraction of sp³-hybridized carbons (Fsp3) is 0.929. The van der Waals surface area contributed by atoms with Crippen LogP contribution in [0.15, 0.2) is 0 Å². The largest absolute Gasteiger partial charge is 0.444 e. The van der Waals surface area contributed by atoms with Gasteiger partial charge in [-0.1, -0.05) is 6.42 Å². The Kier molecular flexibility index (Phi) is 3.58. The van der Waals surface area contributed by atoms with Gasteiger partial charge in [0.25, 0.3) is 0 Å². The van der Waals surface area contributed by atoms with Crippen LogP contribution in [0.5, 0.6) is 0 Å². The summed E-state index contributed by atoms with van der Waals surface area (Å²) in [5, 5.41) is 0. The van der Waals surface area contributed by atoms with E-state index in [9.17, 15) is 4.79 Å². The van der Waals surface area contributed by atoms with E-state index in [-0.39, 0.29) is 6.09 Å². The molecule has 2 atom stereocenters. The molecule has 1 saturated heterocycles. The molecule has 1 aliphatic heterocycles. The van der Waals surface area contributed by atoms with Crippen molar-refractivity contribution in [1.82, 2.24) is 4.90 Å². The molecule has 1 spiro atoms. The number of hydrogen-bond acceptors (Lipinski definition) is 3. The molecule has 0 radical (unpaired) electrons. The van der Waals surface area contributed by atoms with Gasteiger partial charge in [-0.15, -0.1) is 0 Å². The normalized spacial score (nSPS) is 32.2. The number of carbonyl (C=O) groups is 1. The highest BCUT2D eigenvalue weighted by atomic mass is 16.6. The Morgan fingerprint density at radius 3 is 2.72 bits per heavy atom. The molecule has 0 aromatic heterocycles. The van der Waals surface area contributed by atoms with Gasteiger partial charge in [0.2, 0.25) is 0 Å². The summed E-state index contributed by atoms with van der Waals surface area (Å²) in [6.07, 6.45) is 4.52. The first-order chi connectivity index (χ1) is 8.36. The van der Waals surface area contributed by atoms with Gasteiger partial charge in [-0.05, 0) is 57.9 Å². The average molecular weight is 254 g/mol. The molecule has 2 unspecified atom stereocenters. The first-order valence-electron chi connectivity index (χ1n) is 7.04. The minimum atomic E-state index is -0.409. The quantitative estimate of drug-likeness (QED) is 0.781. The smallest absolute Gasteiger partial charge is 0.410 e. The molecule has 2 fully saturated rings. The number of hydrogen-bond donors (Lipinski definition) is 1. The molecule has 104 valence electrons. The van der Waals surface area contributed by atoms with Crippen LogP contribution in [0.1, 0.15) is 46.5 Å². The summed E-state index contributed by atoms with van der Waals surface area (Å²) in [5.74, 6) is 0.612. The maximum absolute atomic E-state index is 12.1. The number of rotatable bonds is 1. The number of likely N-dealkylation sites (tertiary alicyclic amines) is 1. The Morgan fingerprint density at radius 2 is 2.17 bits per heavy atom. The molecule has 2 aliphatic rings. The summed E-state index contributed by atoms with van der Waals surface area (Å²) < 4.78 is 5.48. The van der Waals surface area contributed by atoms with Gasteiger partial charge in [-0.3, -0.25) is 0 Å². The maximum Gasteiger partial charge on any atom is 0.410 e. The van der Waals surface area contributed by atoms with Crippen LogP contribution < -0.4 is 5.73 Å². The first-order valence-corrected chi connectivity index (χ1v) is 7.04. The van der Waals surface area contributed by atoms with E-state index < -0.39 is 5.60 Å². The van der Waals surface area contributed by atoms with Gasteiger partial charge in [0.15, 0.2) is 0 Å². The highest BCUT2D eigenvalue weighted by Crippen LogP contribution is 2.56. The lowest BCUT2D eigenvalue weighted by atomic mass is 9.97. The molecule has 2 N–H and O–H groups in total. The van der Waals surface area contributed by atoms with Gasteiger partial charge in [0.1, 0.15) is 5.60 Å². The number of nitrogens with two attached hydrogens (primary N) is 1. The summed E-state index contributed by atoms with van der Waals surface area (Å²) in [4.78, 5) is 14.0. The summed E-state index contributed by atoms with van der Waals surface area (Å²) >= 11 is 0. The molecular formula is C14H26N2O2. The zero-order chi connectivity index (χ0) is 13.4. The highest BCUT2D eigenvalue weighted by Gasteiger charge is 2.54. The topological polar surface area (TPSA) is 55.6 Å². The Bertz CT molecular complexity index is 324. The Hall–Kier alpha value is -0.770. The second kappa shape index (κ2) is 4.72. The van der Waals surface area contributed by atoms with Crippen molar-refractivity contribution in [2.75, 3.05) is 19.6 Å². The van der Waals surface area contributed by atoms with Crippen LogP contribution in [0.3, 0.4) is 0 Å². The minimum absolute atomic E-state index is 0.161. The molecule has 1 amide bonds. The van der Waals surface area contributed by atoms with Crippen molar-refractivity contribution in [2.24, 2.45) is 17.1 Å². The van der Waals surface area contributed by atoms with Gasteiger partial charge < -0.3 is 15.4 Å². The predicted octanol–water partition coefficient (Wildman–Crippen LogP) is 2.37. The molecule has 0 aromatic carbocycles. The molecule has 1 aliphatic carbocycles. The number of carbonyl (C=O) groups excluding carboxylic acids is 1. The van der Waals surface area contributed by atoms with Crippen molar-refractivity contribution in [3.05, 3.63) is 0 Å². The van der Waals surface area contributed by atoms with Crippen LogP contribution in [-0.4, -0.2) is 36.2 Å². The van der Waals surface area contributed by atoms with Crippen LogP contribution in [-0.2, 0) is 4.74 Å². The fourth-order valence-corrected chi connectivity index (χ4v) is 3.07. The predicted molar refractivity (Wildman–Crippen MR) is 71.3 cm³/mol. The zero-order valence-electron chi connectivity index (χ0n) is 11.9. The standard InChI is InChI=1S/C14H26N2O2/c1-13(2,3)18-12(17)16-7-5-4-6-14(10-16)8-11(14)9-15/h11H,4-10,15H2,1-3H3. The molecule has 4 heteroatoms. The van der Waals surface area contributed by atoms with Gasteiger partial charge in [0.05, 0.1) is 0 Å². The lowest BCUT2D eigenvalue weighted by Gasteiger charge is -2.28. The number of nitrogens with zero attached hydrogens (tertiary/aromatic N) is 1. The third kappa shape index (κ3) is 2.97. The van der Waals surface area contributed by atoms with E-state index in [0.717, 1.165) is 26.1 Å². The first kappa shape index (κ1) is 13.7. The molecule has 1 heterocycles. The van der Waals surface area contributed by atoms with E-state index in [1.54, 1.807) is 0 Å². The van der Waals surface area contributed by atoms with Gasteiger partial charge >= 0.3 is 6.09 Å². The SMILES string of the molecule is CC(C)(C)OC(=O)N1CCCCC2(CC2CN)C1. The van der Waals surface area contributed by atoms with Gasteiger partial charge in [-0.2, -0.15) is 0 Å². The molecule has 2 rings (SSSR count). The Labute approximate surface area is 110 Å². The van der Waals surface area contributed by atoms with Crippen molar-refractivity contribution in [3.8, 4) is 0 Å². The third-order valence-electron chi connectivity index (χ3n) is 4.15. The summed E-state index contributed by atoms with van der Waals surface area (Å²) in [5.41, 5.74) is 5.68. The Balaban J connectivity index is 1.98. The van der Waals surface area contributed by atoms with Crippen molar-refractivity contribution in [1.29, 1.82) is 0 Å². The summed E-state index contributed by atoms with van der Waals surface area (Å²) in [7, 11) is 0. The summed E-state index contributed by atoms with van der Waals surface area (Å²) in [6.45, 7) is 8.16. The molecular weight excluding hydrogens is 228 g/mol. The van der Waals surface area contributed by atoms with Gasteiger partial charge in [0, 0.05) is 13.1 Å². The molecule has 0 aromatic rings. The van der Waals surface area contributed by atoms with Crippen molar-refractivity contribution >= 4 is 6.09 Å². The van der Waals surface area contributed by atoms with Gasteiger partial charge in [-0.25, -0.2) is 4.79 Å². The molecule has 4 nitrogen and oxygen atoms in total. The number of amides is 1. The fourth-order valence-electron chi connectivity index (χ4n) is 3.07. The third-order valence-corrected chi connectivity index (χ3v) is 4.15. The van der Waals surface area contributed by atoms with E-state index in [1.165, 1.54) is 19.3 Å². The van der Waals surface area contributed by atoms with Crippen LogP contribution in [0.25, 0.3) is 0 Å². The minimum Gasteiger partial charge on any atom is -0.444 e. The van der Waals surface area contributed by atoms with E-state index >= 15 is 0 Å². The van der Waals surface area contributed by atoms with Crippen LogP contribution in [0, 0.1) is 11.3 Å². The lowest BCUT2D eigenvalue weighted by molar-refractivity contribution is 0.0221. The second-order valence-electron chi connectivity index (χ2n) is 6.86. The van der Waals surface area contributed by atoms with Crippen molar-refractivity contribution in [2.45, 2.75) is 52.1 Å². The van der Waals surface area contributed by atoms with Crippen LogP contribution in [0.2, 0.25) is 0 Å². The average Bonchev–Trinajstić information content (AvgIpc) is 2.98. The van der Waals surface area contributed by atoms with E-state index in [0.29, 0.717) is 11.3 Å². The highest BCUT2D eigenvalue weighted by molar-refractivity contribution is 5.68. The molecule has 0 bridgehead atoms. The van der Waals surface area contributed by atoms with Crippen LogP contribution in [0.4, 0.5) is 4.79 Å². The second-order valence-corrected chi connectivity index (χ2v) is 6.86. The van der Waals surface area contributed by atoms with E-state index in [4.69, 9.17) is 10.5 Å². The molecule has 18 heavy (non-hydrogen) atoms. The Morgan fingerprint density at radius 1 is 1.44 bits per heavy atom. The van der Waals surface area contributed by atoms with Crippen molar-refractivity contribution < 1.29 is 9.53 Å². The van der Waals surface area contributed by atoms with E-state index in [2.05, 4.69) is 0 Å². The van der Waals surface area contributed by atoms with E-state index in [1.807, 2.05) is 25.7 Å². The monoisotopic (exact) mass is 254 g/mol. The number of ether oxygens (including phenoxy) is 1. The maximum atomic E-state index is 12.1. The van der Waals surface area contributed by atoms with Crippen molar-refractivity contribution in [3.63, 3.8) is 0 Å².